The lowest BCUT2D eigenvalue weighted by Gasteiger charge is -2.20. The molecule has 2 aromatic rings. The number of carbonyl (C=O) groups excluding carboxylic acids is 1. The Bertz CT molecular complexity index is 614. The molecule has 3 nitrogen and oxygen atoms in total. The van der Waals surface area contributed by atoms with E-state index in [1.54, 1.807) is 0 Å². The summed E-state index contributed by atoms with van der Waals surface area (Å²) in [6, 6.07) is 16.6. The van der Waals surface area contributed by atoms with Gasteiger partial charge in [0.15, 0.2) is 0 Å². The normalized spacial score (nSPS) is 13.1. The molecule has 2 aromatic carbocycles. The van der Waals surface area contributed by atoms with Gasteiger partial charge in [0.25, 0.3) is 0 Å². The van der Waals surface area contributed by atoms with Crippen LogP contribution in [0.25, 0.3) is 0 Å². The van der Waals surface area contributed by atoms with Crippen molar-refractivity contribution in [3.8, 4) is 0 Å². The molecule has 0 aromatic heterocycles. The van der Waals surface area contributed by atoms with Crippen molar-refractivity contribution < 1.29 is 14.3 Å². The van der Waals surface area contributed by atoms with Gasteiger partial charge in [-0.1, -0.05) is 73.5 Å². The first-order valence-electron chi connectivity index (χ1n) is 9.48. The Hall–Kier alpha value is -2.29. The minimum atomic E-state index is -0.567. The van der Waals surface area contributed by atoms with E-state index >= 15 is 0 Å². The summed E-state index contributed by atoms with van der Waals surface area (Å²) >= 11 is 0. The van der Waals surface area contributed by atoms with Crippen molar-refractivity contribution in [3.05, 3.63) is 70.8 Å². The molecule has 0 fully saturated rings. The van der Waals surface area contributed by atoms with Gasteiger partial charge >= 0.3 is 6.16 Å². The lowest BCUT2D eigenvalue weighted by atomic mass is 10.0. The Labute approximate surface area is 157 Å². The largest absolute Gasteiger partial charge is 0.508 e. The number of hydrogen-bond donors (Lipinski definition) is 0. The minimum Gasteiger partial charge on any atom is -0.431 e. The van der Waals surface area contributed by atoms with Crippen LogP contribution < -0.4 is 0 Å². The third-order valence-corrected chi connectivity index (χ3v) is 4.60. The first kappa shape index (κ1) is 20.0. The van der Waals surface area contributed by atoms with Crippen molar-refractivity contribution in [3.63, 3.8) is 0 Å². The van der Waals surface area contributed by atoms with Crippen LogP contribution in [-0.2, 0) is 22.3 Å². The molecule has 0 saturated carbocycles. The van der Waals surface area contributed by atoms with Crippen LogP contribution in [0, 0.1) is 13.8 Å². The molecule has 0 radical (unpaired) electrons. The lowest BCUT2D eigenvalue weighted by Crippen LogP contribution is -2.25. The van der Waals surface area contributed by atoms with E-state index in [2.05, 4.69) is 62.4 Å². The van der Waals surface area contributed by atoms with Crippen molar-refractivity contribution in [2.45, 2.75) is 65.6 Å². The summed E-state index contributed by atoms with van der Waals surface area (Å²) in [5.74, 6) is 0. The first-order chi connectivity index (χ1) is 12.5. The van der Waals surface area contributed by atoms with Gasteiger partial charge in [-0.25, -0.2) is 4.79 Å². The highest BCUT2D eigenvalue weighted by molar-refractivity contribution is 5.60. The van der Waals surface area contributed by atoms with E-state index in [0.717, 1.165) is 12.8 Å². The van der Waals surface area contributed by atoms with Crippen LogP contribution in [0.5, 0.6) is 0 Å². The summed E-state index contributed by atoms with van der Waals surface area (Å²) in [5.41, 5.74) is 4.79. The minimum absolute atomic E-state index is 0.165. The average Bonchev–Trinajstić information content (AvgIpc) is 2.64. The molecule has 2 rings (SSSR count). The molecule has 0 spiro atoms. The van der Waals surface area contributed by atoms with E-state index < -0.39 is 6.16 Å². The van der Waals surface area contributed by atoms with Crippen LogP contribution in [0.3, 0.4) is 0 Å². The Morgan fingerprint density at radius 3 is 1.38 bits per heavy atom. The number of ether oxygens (including phenoxy) is 2. The zero-order chi connectivity index (χ0) is 18.9. The summed E-state index contributed by atoms with van der Waals surface area (Å²) in [7, 11) is 0. The van der Waals surface area contributed by atoms with Crippen LogP contribution in [0.15, 0.2) is 48.5 Å². The standard InChI is InChI=1S/C23H30O3/c1-5-21(15-19-11-7-17(3)8-12-19)25-23(24)26-22(6-2)16-20-13-9-18(4)10-14-20/h7-14,21-22H,5-6,15-16H2,1-4H3. The van der Waals surface area contributed by atoms with E-state index in [-0.39, 0.29) is 12.2 Å². The van der Waals surface area contributed by atoms with Gasteiger partial charge in [0.05, 0.1) is 0 Å². The van der Waals surface area contributed by atoms with Crippen molar-refractivity contribution >= 4 is 6.16 Å². The zero-order valence-corrected chi connectivity index (χ0v) is 16.3. The van der Waals surface area contributed by atoms with Crippen molar-refractivity contribution in [1.82, 2.24) is 0 Å². The topological polar surface area (TPSA) is 35.5 Å². The van der Waals surface area contributed by atoms with Crippen LogP contribution in [0.4, 0.5) is 4.79 Å². The Kier molecular flexibility index (Phi) is 7.71. The lowest BCUT2D eigenvalue weighted by molar-refractivity contribution is -0.00317. The van der Waals surface area contributed by atoms with Crippen molar-refractivity contribution in [2.24, 2.45) is 0 Å². The molecule has 140 valence electrons. The first-order valence-corrected chi connectivity index (χ1v) is 9.48. The van der Waals surface area contributed by atoms with E-state index in [4.69, 9.17) is 9.47 Å². The smallest absolute Gasteiger partial charge is 0.431 e. The second-order valence-corrected chi connectivity index (χ2v) is 6.93. The summed E-state index contributed by atoms with van der Waals surface area (Å²) in [4.78, 5) is 12.2. The fourth-order valence-corrected chi connectivity index (χ4v) is 2.81. The van der Waals surface area contributed by atoms with Crippen LogP contribution in [0.1, 0.15) is 48.9 Å². The highest BCUT2D eigenvalue weighted by atomic mass is 16.7. The molecule has 0 N–H and O–H groups in total. The molecule has 0 bridgehead atoms. The van der Waals surface area contributed by atoms with Crippen LogP contribution in [0.2, 0.25) is 0 Å². The van der Waals surface area contributed by atoms with E-state index in [1.807, 2.05) is 13.8 Å². The Morgan fingerprint density at radius 1 is 0.731 bits per heavy atom. The third kappa shape index (κ3) is 6.55. The number of benzene rings is 2. The number of aryl methyl sites for hydroxylation is 2. The number of hydrogen-bond acceptors (Lipinski definition) is 3. The molecule has 0 heterocycles. The van der Waals surface area contributed by atoms with Gasteiger partial charge in [-0.2, -0.15) is 0 Å². The van der Waals surface area contributed by atoms with E-state index in [1.165, 1.54) is 22.3 Å². The Balaban J connectivity index is 1.87. The van der Waals surface area contributed by atoms with Gasteiger partial charge in [-0.3, -0.25) is 0 Å². The summed E-state index contributed by atoms with van der Waals surface area (Å²) in [6.45, 7) is 8.17. The predicted molar refractivity (Wildman–Crippen MR) is 105 cm³/mol. The maximum Gasteiger partial charge on any atom is 0.508 e. The molecule has 3 heteroatoms. The second-order valence-electron chi connectivity index (χ2n) is 6.93. The molecular formula is C23H30O3. The van der Waals surface area contributed by atoms with Gasteiger partial charge in [0, 0.05) is 12.8 Å². The maximum atomic E-state index is 12.2. The van der Waals surface area contributed by atoms with Crippen molar-refractivity contribution in [2.75, 3.05) is 0 Å². The fourth-order valence-electron chi connectivity index (χ4n) is 2.81. The monoisotopic (exact) mass is 354 g/mol. The molecule has 2 atom stereocenters. The van der Waals surface area contributed by atoms with Gasteiger partial charge < -0.3 is 9.47 Å². The van der Waals surface area contributed by atoms with Gasteiger partial charge in [-0.15, -0.1) is 0 Å². The second kappa shape index (κ2) is 10.0. The molecule has 0 saturated heterocycles. The summed E-state index contributed by atoms with van der Waals surface area (Å²) in [6.07, 6.45) is 2.04. The van der Waals surface area contributed by atoms with E-state index in [0.29, 0.717) is 12.8 Å². The zero-order valence-electron chi connectivity index (χ0n) is 16.3. The van der Waals surface area contributed by atoms with Gasteiger partial charge in [0.2, 0.25) is 0 Å². The predicted octanol–water partition coefficient (Wildman–Crippen LogP) is 5.80. The third-order valence-electron chi connectivity index (χ3n) is 4.60. The number of rotatable bonds is 8. The average molecular weight is 354 g/mol. The SMILES string of the molecule is CCC(Cc1ccc(C)cc1)OC(=O)OC(CC)Cc1ccc(C)cc1. The van der Waals surface area contributed by atoms with Crippen LogP contribution in [-0.4, -0.2) is 18.4 Å². The molecule has 0 aliphatic carbocycles. The molecule has 0 aliphatic heterocycles. The highest BCUT2D eigenvalue weighted by Crippen LogP contribution is 2.14. The molecular weight excluding hydrogens is 324 g/mol. The Morgan fingerprint density at radius 2 is 1.08 bits per heavy atom. The molecule has 2 unspecified atom stereocenters. The summed E-state index contributed by atoms with van der Waals surface area (Å²) < 4.78 is 11.1. The van der Waals surface area contributed by atoms with Crippen molar-refractivity contribution in [1.29, 1.82) is 0 Å². The molecule has 26 heavy (non-hydrogen) atoms. The van der Waals surface area contributed by atoms with Gasteiger partial charge in [0.1, 0.15) is 12.2 Å². The molecule has 0 amide bonds. The molecule has 0 aliphatic rings. The number of carbonyl (C=O) groups is 1. The highest BCUT2D eigenvalue weighted by Gasteiger charge is 2.19. The fraction of sp³-hybridized carbons (Fsp3) is 0.435. The quantitative estimate of drug-likeness (QED) is 0.562. The maximum absolute atomic E-state index is 12.2. The van der Waals surface area contributed by atoms with Crippen LogP contribution >= 0.6 is 0 Å². The van der Waals surface area contributed by atoms with E-state index in [9.17, 15) is 4.79 Å². The van der Waals surface area contributed by atoms with Gasteiger partial charge in [-0.05, 0) is 37.8 Å². The summed E-state index contributed by atoms with van der Waals surface area (Å²) in [5, 5.41) is 0.